The Morgan fingerprint density at radius 1 is 1.45 bits per heavy atom. The highest BCUT2D eigenvalue weighted by Gasteiger charge is 2.20. The molecule has 0 unspecified atom stereocenters. The van der Waals surface area contributed by atoms with Gasteiger partial charge in [-0.15, -0.1) is 0 Å². The van der Waals surface area contributed by atoms with Crippen LogP contribution >= 0.6 is 0 Å². The van der Waals surface area contributed by atoms with Crippen molar-refractivity contribution in [3.8, 4) is 0 Å². The molecule has 4 heteroatoms. The first-order chi connectivity index (χ1) is 9.78. The number of hydrogen-bond donors (Lipinski definition) is 1. The predicted molar refractivity (Wildman–Crippen MR) is 82.9 cm³/mol. The summed E-state index contributed by atoms with van der Waals surface area (Å²) in [5.74, 6) is 0.850. The molecule has 0 atom stereocenters. The van der Waals surface area contributed by atoms with Crippen LogP contribution in [0.25, 0.3) is 0 Å². The lowest BCUT2D eigenvalue weighted by atomic mass is 10.3. The maximum atomic E-state index is 5.67. The van der Waals surface area contributed by atoms with E-state index in [2.05, 4.69) is 35.2 Å². The fourth-order valence-corrected chi connectivity index (χ4v) is 2.05. The van der Waals surface area contributed by atoms with Crippen LogP contribution in [0.15, 0.2) is 18.3 Å². The van der Waals surface area contributed by atoms with E-state index in [4.69, 9.17) is 4.74 Å². The Balaban J connectivity index is 1.67. The quantitative estimate of drug-likeness (QED) is 0.667. The predicted octanol–water partition coefficient (Wildman–Crippen LogP) is 2.76. The van der Waals surface area contributed by atoms with Crippen LogP contribution in [0.5, 0.6) is 0 Å². The van der Waals surface area contributed by atoms with Crippen molar-refractivity contribution in [2.75, 3.05) is 38.7 Å². The topological polar surface area (TPSA) is 37.4 Å². The van der Waals surface area contributed by atoms with Crippen molar-refractivity contribution < 1.29 is 4.74 Å². The molecular formula is C16H27N3O. The third-order valence-electron chi connectivity index (χ3n) is 3.50. The maximum absolute atomic E-state index is 5.67. The average Bonchev–Trinajstić information content (AvgIpc) is 3.26. The van der Waals surface area contributed by atoms with E-state index in [1.54, 1.807) is 0 Å². The second-order valence-corrected chi connectivity index (χ2v) is 5.72. The maximum Gasteiger partial charge on any atom is 0.0593 e. The van der Waals surface area contributed by atoms with Crippen LogP contribution in [0, 0.1) is 5.92 Å². The molecule has 1 aromatic rings. The first-order valence-corrected chi connectivity index (χ1v) is 7.73. The van der Waals surface area contributed by atoms with Gasteiger partial charge in [-0.25, -0.2) is 0 Å². The third-order valence-corrected chi connectivity index (χ3v) is 3.50. The summed E-state index contributed by atoms with van der Waals surface area (Å²) in [6.07, 6.45) is 5.73. The van der Waals surface area contributed by atoms with Gasteiger partial charge in [-0.2, -0.15) is 0 Å². The molecule has 0 saturated heterocycles. The molecule has 1 saturated carbocycles. The van der Waals surface area contributed by atoms with Crippen molar-refractivity contribution in [3.05, 3.63) is 24.0 Å². The van der Waals surface area contributed by atoms with Crippen LogP contribution in [0.1, 0.15) is 31.9 Å². The number of anilines is 1. The van der Waals surface area contributed by atoms with E-state index in [1.807, 2.05) is 12.3 Å². The molecule has 1 N–H and O–H groups in total. The summed E-state index contributed by atoms with van der Waals surface area (Å²) in [5, 5.41) is 3.40. The number of aromatic nitrogens is 1. The van der Waals surface area contributed by atoms with Crippen LogP contribution < -0.4 is 5.32 Å². The van der Waals surface area contributed by atoms with Crippen molar-refractivity contribution in [3.63, 3.8) is 0 Å². The monoisotopic (exact) mass is 277 g/mol. The summed E-state index contributed by atoms with van der Waals surface area (Å²) in [5.41, 5.74) is 2.27. The van der Waals surface area contributed by atoms with Gasteiger partial charge < -0.3 is 10.1 Å². The smallest absolute Gasteiger partial charge is 0.0593 e. The normalized spacial score (nSPS) is 14.8. The molecule has 0 amide bonds. The molecule has 0 aromatic carbocycles. The van der Waals surface area contributed by atoms with E-state index < -0.39 is 0 Å². The second-order valence-electron chi connectivity index (χ2n) is 5.72. The Bertz CT molecular complexity index is 393. The van der Waals surface area contributed by atoms with Crippen molar-refractivity contribution >= 4 is 5.69 Å². The lowest BCUT2D eigenvalue weighted by Gasteiger charge is -2.16. The number of pyridine rings is 1. The van der Waals surface area contributed by atoms with Gasteiger partial charge in [0.05, 0.1) is 12.3 Å². The van der Waals surface area contributed by atoms with Gasteiger partial charge in [-0.1, -0.05) is 6.92 Å². The van der Waals surface area contributed by atoms with Crippen molar-refractivity contribution in [1.29, 1.82) is 0 Å². The molecule has 112 valence electrons. The lowest BCUT2D eigenvalue weighted by molar-refractivity contribution is 0.101. The standard InChI is InChI=1S/C16H27N3O/c1-3-7-17-15-6-8-18-16(11-15)12-19(2)9-10-20-13-14-4-5-14/h6,8,11,14H,3-5,7,9-10,12-13H2,1-2H3,(H,17,18). The van der Waals surface area contributed by atoms with Crippen LogP contribution in [0.4, 0.5) is 5.69 Å². The van der Waals surface area contributed by atoms with Gasteiger partial charge in [0, 0.05) is 38.1 Å². The number of rotatable bonds is 10. The van der Waals surface area contributed by atoms with Crippen LogP contribution in [0.2, 0.25) is 0 Å². The van der Waals surface area contributed by atoms with E-state index >= 15 is 0 Å². The third kappa shape index (κ3) is 5.88. The van der Waals surface area contributed by atoms with Gasteiger partial charge in [0.15, 0.2) is 0 Å². The van der Waals surface area contributed by atoms with E-state index in [-0.39, 0.29) is 0 Å². The molecule has 0 radical (unpaired) electrons. The van der Waals surface area contributed by atoms with Crippen molar-refractivity contribution in [1.82, 2.24) is 9.88 Å². The number of likely N-dealkylation sites (N-methyl/N-ethyl adjacent to an activating group) is 1. The molecule has 1 heterocycles. The second kappa shape index (κ2) is 8.22. The van der Waals surface area contributed by atoms with Gasteiger partial charge >= 0.3 is 0 Å². The molecule has 1 aliphatic rings. The fourth-order valence-electron chi connectivity index (χ4n) is 2.05. The molecule has 0 aliphatic heterocycles. The highest BCUT2D eigenvalue weighted by atomic mass is 16.5. The minimum Gasteiger partial charge on any atom is -0.385 e. The van der Waals surface area contributed by atoms with Crippen molar-refractivity contribution in [2.45, 2.75) is 32.7 Å². The molecule has 20 heavy (non-hydrogen) atoms. The zero-order chi connectivity index (χ0) is 14.2. The number of nitrogens with zero attached hydrogens (tertiary/aromatic N) is 2. The largest absolute Gasteiger partial charge is 0.385 e. The molecule has 4 nitrogen and oxygen atoms in total. The number of hydrogen-bond acceptors (Lipinski definition) is 4. The molecule has 0 bridgehead atoms. The van der Waals surface area contributed by atoms with E-state index in [9.17, 15) is 0 Å². The zero-order valence-corrected chi connectivity index (χ0v) is 12.8. The number of ether oxygens (including phenoxy) is 1. The van der Waals surface area contributed by atoms with Crippen LogP contribution in [0.3, 0.4) is 0 Å². The highest BCUT2D eigenvalue weighted by Crippen LogP contribution is 2.28. The van der Waals surface area contributed by atoms with Gasteiger partial charge in [-0.3, -0.25) is 9.88 Å². The van der Waals surface area contributed by atoms with Gasteiger partial charge in [-0.05, 0) is 44.4 Å². The SMILES string of the molecule is CCCNc1ccnc(CN(C)CCOCC2CC2)c1. The Morgan fingerprint density at radius 3 is 3.05 bits per heavy atom. The molecule has 1 aromatic heterocycles. The van der Waals surface area contributed by atoms with Gasteiger partial charge in [0.2, 0.25) is 0 Å². The molecule has 1 fully saturated rings. The first kappa shape index (κ1) is 15.3. The molecule has 2 rings (SSSR count). The number of nitrogens with one attached hydrogen (secondary N) is 1. The average molecular weight is 277 g/mol. The summed E-state index contributed by atoms with van der Waals surface area (Å²) < 4.78 is 5.67. The summed E-state index contributed by atoms with van der Waals surface area (Å²) in [7, 11) is 2.12. The summed E-state index contributed by atoms with van der Waals surface area (Å²) in [6, 6.07) is 4.16. The highest BCUT2D eigenvalue weighted by molar-refractivity contribution is 5.43. The minimum absolute atomic E-state index is 0.820. The van der Waals surface area contributed by atoms with E-state index in [0.717, 1.165) is 56.6 Å². The van der Waals surface area contributed by atoms with Gasteiger partial charge in [0.25, 0.3) is 0 Å². The van der Waals surface area contributed by atoms with Gasteiger partial charge in [0.1, 0.15) is 0 Å². The Morgan fingerprint density at radius 2 is 2.30 bits per heavy atom. The van der Waals surface area contributed by atoms with E-state index in [1.165, 1.54) is 12.8 Å². The van der Waals surface area contributed by atoms with E-state index in [0.29, 0.717) is 0 Å². The summed E-state index contributed by atoms with van der Waals surface area (Å²) in [6.45, 7) is 6.78. The molecule has 1 aliphatic carbocycles. The molecule has 0 spiro atoms. The van der Waals surface area contributed by atoms with Crippen molar-refractivity contribution in [2.24, 2.45) is 5.92 Å². The van der Waals surface area contributed by atoms with Crippen LogP contribution in [-0.4, -0.2) is 43.2 Å². The van der Waals surface area contributed by atoms with Crippen LogP contribution in [-0.2, 0) is 11.3 Å². The zero-order valence-electron chi connectivity index (χ0n) is 12.8. The fraction of sp³-hybridized carbons (Fsp3) is 0.688. The summed E-state index contributed by atoms with van der Waals surface area (Å²) >= 11 is 0. The first-order valence-electron chi connectivity index (χ1n) is 7.73. The lowest BCUT2D eigenvalue weighted by Crippen LogP contribution is -2.23. The Kier molecular flexibility index (Phi) is 6.27. The Labute approximate surface area is 122 Å². The minimum atomic E-state index is 0.820. The molecular weight excluding hydrogens is 250 g/mol. The summed E-state index contributed by atoms with van der Waals surface area (Å²) in [4.78, 5) is 6.69. The Hall–Kier alpha value is -1.13.